The zero-order chi connectivity index (χ0) is 10.6. The molecule has 0 saturated carbocycles. The monoisotopic (exact) mass is 207 g/mol. The maximum Gasteiger partial charge on any atom is 0.124 e. The Bertz CT molecular complexity index is 345. The van der Waals surface area contributed by atoms with Gasteiger partial charge in [0.15, 0.2) is 0 Å². The van der Waals surface area contributed by atoms with E-state index in [1.54, 1.807) is 18.9 Å². The van der Waals surface area contributed by atoms with Gasteiger partial charge in [0.2, 0.25) is 0 Å². The molecular formula is C11H13NOS. The molecule has 0 aromatic heterocycles. The van der Waals surface area contributed by atoms with Crippen molar-refractivity contribution in [1.82, 2.24) is 0 Å². The van der Waals surface area contributed by atoms with Crippen LogP contribution in [0.5, 0.6) is 5.75 Å². The molecule has 0 amide bonds. The summed E-state index contributed by atoms with van der Waals surface area (Å²) in [5, 5.41) is 8.47. The molecule has 1 aromatic carbocycles. The Hall–Kier alpha value is -1.14. The van der Waals surface area contributed by atoms with E-state index in [2.05, 4.69) is 6.07 Å². The van der Waals surface area contributed by atoms with Crippen LogP contribution < -0.4 is 4.74 Å². The summed E-state index contributed by atoms with van der Waals surface area (Å²) < 4.78 is 5.26. The van der Waals surface area contributed by atoms with Crippen molar-refractivity contribution in [1.29, 1.82) is 5.26 Å². The first-order chi connectivity index (χ1) is 6.69. The van der Waals surface area contributed by atoms with Gasteiger partial charge in [-0.3, -0.25) is 0 Å². The van der Waals surface area contributed by atoms with Gasteiger partial charge in [-0.15, -0.1) is 11.8 Å². The summed E-state index contributed by atoms with van der Waals surface area (Å²) in [4.78, 5) is 1.13. The topological polar surface area (TPSA) is 33.0 Å². The number of hydrogen-bond acceptors (Lipinski definition) is 3. The Kier molecular flexibility index (Phi) is 3.84. The third-order valence-corrected chi connectivity index (χ3v) is 2.78. The highest BCUT2D eigenvalue weighted by molar-refractivity contribution is 7.99. The van der Waals surface area contributed by atoms with Crippen LogP contribution in [0.4, 0.5) is 0 Å². The van der Waals surface area contributed by atoms with Crippen molar-refractivity contribution in [3.8, 4) is 11.8 Å². The van der Waals surface area contributed by atoms with Crippen LogP contribution in [0.15, 0.2) is 17.0 Å². The van der Waals surface area contributed by atoms with Crippen LogP contribution in [-0.4, -0.2) is 12.9 Å². The van der Waals surface area contributed by atoms with Gasteiger partial charge >= 0.3 is 0 Å². The number of ether oxygens (including phenoxy) is 1. The lowest BCUT2D eigenvalue weighted by molar-refractivity contribution is 0.408. The fourth-order valence-electron chi connectivity index (χ4n) is 1.43. The highest BCUT2D eigenvalue weighted by Crippen LogP contribution is 2.29. The number of methoxy groups -OCH3 is 1. The molecule has 0 bridgehead atoms. The fraction of sp³-hybridized carbons (Fsp3) is 0.364. The predicted octanol–water partition coefficient (Wildman–Crippen LogP) is 2.93. The van der Waals surface area contributed by atoms with E-state index in [0.717, 1.165) is 21.8 Å². The Morgan fingerprint density at radius 3 is 2.36 bits per heavy atom. The Morgan fingerprint density at radius 2 is 1.93 bits per heavy atom. The largest absolute Gasteiger partial charge is 0.496 e. The lowest BCUT2D eigenvalue weighted by Crippen LogP contribution is -1.91. The zero-order valence-electron chi connectivity index (χ0n) is 8.63. The van der Waals surface area contributed by atoms with Crippen LogP contribution in [0.1, 0.15) is 11.1 Å². The molecule has 0 unspecified atom stereocenters. The SMILES string of the molecule is COc1c(C)cc(SCC#N)cc1C. The van der Waals surface area contributed by atoms with Crippen molar-refractivity contribution in [3.05, 3.63) is 23.3 Å². The lowest BCUT2D eigenvalue weighted by atomic mass is 10.1. The molecule has 3 heteroatoms. The van der Waals surface area contributed by atoms with Gasteiger partial charge in [0, 0.05) is 4.90 Å². The molecule has 2 nitrogen and oxygen atoms in total. The van der Waals surface area contributed by atoms with Gasteiger partial charge in [-0.05, 0) is 37.1 Å². The minimum atomic E-state index is 0.491. The molecule has 0 N–H and O–H groups in total. The van der Waals surface area contributed by atoms with Crippen molar-refractivity contribution < 1.29 is 4.74 Å². The second-order valence-electron chi connectivity index (χ2n) is 3.04. The van der Waals surface area contributed by atoms with E-state index in [0.29, 0.717) is 5.75 Å². The van der Waals surface area contributed by atoms with Crippen molar-refractivity contribution in [2.24, 2.45) is 0 Å². The lowest BCUT2D eigenvalue weighted by Gasteiger charge is -2.09. The van der Waals surface area contributed by atoms with E-state index in [-0.39, 0.29) is 0 Å². The number of thioether (sulfide) groups is 1. The number of nitrogens with zero attached hydrogens (tertiary/aromatic N) is 1. The highest BCUT2D eigenvalue weighted by atomic mass is 32.2. The molecule has 0 aliphatic carbocycles. The summed E-state index contributed by atoms with van der Waals surface area (Å²) in [7, 11) is 1.68. The van der Waals surface area contributed by atoms with Gasteiger partial charge in [-0.2, -0.15) is 5.26 Å². The molecular weight excluding hydrogens is 194 g/mol. The van der Waals surface area contributed by atoms with E-state index in [9.17, 15) is 0 Å². The van der Waals surface area contributed by atoms with Crippen molar-refractivity contribution in [2.45, 2.75) is 18.7 Å². The minimum absolute atomic E-state index is 0.491. The third kappa shape index (κ3) is 2.43. The summed E-state index contributed by atoms with van der Waals surface area (Å²) >= 11 is 1.55. The van der Waals surface area contributed by atoms with Crippen LogP contribution in [0, 0.1) is 25.2 Å². The molecule has 14 heavy (non-hydrogen) atoms. The smallest absolute Gasteiger partial charge is 0.124 e. The van der Waals surface area contributed by atoms with Crippen LogP contribution in [0.25, 0.3) is 0 Å². The van der Waals surface area contributed by atoms with Gasteiger partial charge in [0.05, 0.1) is 18.9 Å². The summed E-state index contributed by atoms with van der Waals surface area (Å²) in [6, 6.07) is 6.21. The molecule has 1 rings (SSSR count). The molecule has 0 aliphatic rings. The van der Waals surface area contributed by atoms with Crippen LogP contribution in [0.3, 0.4) is 0 Å². The standard InChI is InChI=1S/C11H13NOS/c1-8-6-10(14-5-4-12)7-9(2)11(8)13-3/h6-7H,5H2,1-3H3. The molecule has 0 spiro atoms. The summed E-state index contributed by atoms with van der Waals surface area (Å²) in [6.45, 7) is 4.03. The van der Waals surface area contributed by atoms with Gasteiger partial charge in [0.25, 0.3) is 0 Å². The van der Waals surface area contributed by atoms with E-state index in [1.165, 1.54) is 0 Å². The maximum absolute atomic E-state index is 8.47. The van der Waals surface area contributed by atoms with Crippen LogP contribution >= 0.6 is 11.8 Å². The Balaban J connectivity index is 2.97. The fourth-order valence-corrected chi connectivity index (χ4v) is 2.18. The maximum atomic E-state index is 8.47. The quantitative estimate of drug-likeness (QED) is 0.714. The number of aryl methyl sites for hydroxylation is 2. The first kappa shape index (κ1) is 10.9. The molecule has 0 atom stereocenters. The second-order valence-corrected chi connectivity index (χ2v) is 4.09. The van der Waals surface area contributed by atoms with E-state index >= 15 is 0 Å². The van der Waals surface area contributed by atoms with E-state index in [4.69, 9.17) is 10.00 Å². The van der Waals surface area contributed by atoms with E-state index < -0.39 is 0 Å². The molecule has 0 radical (unpaired) electrons. The minimum Gasteiger partial charge on any atom is -0.496 e. The molecule has 1 aromatic rings. The van der Waals surface area contributed by atoms with Gasteiger partial charge in [-0.25, -0.2) is 0 Å². The Morgan fingerprint density at radius 1 is 1.36 bits per heavy atom. The van der Waals surface area contributed by atoms with Gasteiger partial charge in [-0.1, -0.05) is 0 Å². The van der Waals surface area contributed by atoms with Gasteiger partial charge in [0.1, 0.15) is 5.75 Å². The predicted molar refractivity (Wildman–Crippen MR) is 58.8 cm³/mol. The number of nitriles is 1. The first-order valence-corrected chi connectivity index (χ1v) is 5.32. The van der Waals surface area contributed by atoms with Crippen molar-refractivity contribution in [2.75, 3.05) is 12.9 Å². The zero-order valence-corrected chi connectivity index (χ0v) is 9.44. The first-order valence-electron chi connectivity index (χ1n) is 4.34. The summed E-state index contributed by atoms with van der Waals surface area (Å²) in [5.41, 5.74) is 2.24. The summed E-state index contributed by atoms with van der Waals surface area (Å²) in [6.07, 6.45) is 0. The normalized spacial score (nSPS) is 9.57. The number of hydrogen-bond donors (Lipinski definition) is 0. The average molecular weight is 207 g/mol. The third-order valence-electron chi connectivity index (χ3n) is 1.94. The van der Waals surface area contributed by atoms with Crippen molar-refractivity contribution >= 4 is 11.8 Å². The Labute approximate surface area is 88.9 Å². The molecule has 74 valence electrons. The van der Waals surface area contributed by atoms with Crippen LogP contribution in [-0.2, 0) is 0 Å². The summed E-state index contributed by atoms with van der Waals surface area (Å²) in [5.74, 6) is 1.43. The number of benzene rings is 1. The van der Waals surface area contributed by atoms with Crippen molar-refractivity contribution in [3.63, 3.8) is 0 Å². The molecule has 0 heterocycles. The molecule has 0 saturated heterocycles. The van der Waals surface area contributed by atoms with Crippen LogP contribution in [0.2, 0.25) is 0 Å². The molecule has 0 fully saturated rings. The highest BCUT2D eigenvalue weighted by Gasteiger charge is 2.04. The van der Waals surface area contributed by atoms with Gasteiger partial charge < -0.3 is 4.74 Å². The molecule has 0 aliphatic heterocycles. The average Bonchev–Trinajstić information content (AvgIpc) is 2.14. The van der Waals surface area contributed by atoms with E-state index in [1.807, 2.05) is 26.0 Å². The second kappa shape index (κ2) is 4.92. The number of rotatable bonds is 3.